The first-order valence-electron chi connectivity index (χ1n) is 19.7. The van der Waals surface area contributed by atoms with Crippen LogP contribution in [0.5, 0.6) is 0 Å². The number of esters is 1. The van der Waals surface area contributed by atoms with Gasteiger partial charge in [0.1, 0.15) is 54.0 Å². The third-order valence-corrected chi connectivity index (χ3v) is 11.9. The summed E-state index contributed by atoms with van der Waals surface area (Å²) in [5, 5.41) is 21.3. The van der Waals surface area contributed by atoms with Gasteiger partial charge in [-0.05, 0) is 110 Å². The minimum atomic E-state index is -1.74. The molecule has 5 N–H and O–H groups in total. The summed E-state index contributed by atoms with van der Waals surface area (Å²) in [6.07, 6.45) is -1.60. The lowest BCUT2D eigenvalue weighted by Crippen LogP contribution is -2.63. The molecule has 4 heterocycles. The molecule has 0 saturated carbocycles. The minimum absolute atomic E-state index is 0.0104. The van der Waals surface area contributed by atoms with Crippen LogP contribution >= 0.6 is 22.6 Å². The van der Waals surface area contributed by atoms with Gasteiger partial charge in [-0.3, -0.25) is 24.0 Å². The lowest BCUT2D eigenvalue weighted by atomic mass is 9.98. The second-order valence-corrected chi connectivity index (χ2v) is 17.0. The van der Waals surface area contributed by atoms with Crippen LogP contribution in [0.3, 0.4) is 0 Å². The summed E-state index contributed by atoms with van der Waals surface area (Å²) in [6, 6.07) is 0.700. The molecule has 0 radical (unpaired) electrons. The van der Waals surface area contributed by atoms with Gasteiger partial charge in [0.2, 0.25) is 29.5 Å². The van der Waals surface area contributed by atoms with Crippen LogP contribution in [0.25, 0.3) is 0 Å². The number of benzene rings is 2. The zero-order chi connectivity index (χ0) is 42.7. The number of amides is 7. The maximum absolute atomic E-state index is 14.7. The molecule has 0 aliphatic carbocycles. The van der Waals surface area contributed by atoms with Crippen LogP contribution in [-0.4, -0.2) is 129 Å². The minimum Gasteiger partial charge on any atom is -0.458 e. The van der Waals surface area contributed by atoms with Gasteiger partial charge in [0.25, 0.3) is 0 Å². The summed E-state index contributed by atoms with van der Waals surface area (Å²) in [4.78, 5) is 102. The van der Waals surface area contributed by atoms with Crippen LogP contribution in [0.15, 0.2) is 42.5 Å². The number of nitrogens with one attached hydrogen (secondary N) is 4. The molecule has 2 aromatic carbocycles. The standard InChI is InChI=1S/C40H48F2IN7O9/c1-20-12-32-39(57)59-22(3)33(47-34(52)29(15-23-13-24(41)16-25(42)14-23)46-40(58)45-27-9-7-26(43)8-10-27)38(56)50-19-28(51)17-31(50)37(55)48-11-5-4-6-30(48)35(53)44-21(2)36(54)49(32)18-20/h7-10,13-14,16,20-22,28-33,51H,4-6,11-12,15,17-19H2,1-3H3,(H,44,53)(H,47,52)(H2,45,46,58)/t20-,21+,22+,28-,29+,30+,31+,32+,33+/m1/s1. The summed E-state index contributed by atoms with van der Waals surface area (Å²) in [5.74, 6) is -6.57. The predicted molar refractivity (Wildman–Crippen MR) is 215 cm³/mol. The second-order valence-electron chi connectivity index (χ2n) is 15.8. The van der Waals surface area contributed by atoms with Gasteiger partial charge < -0.3 is 45.8 Å². The molecule has 2 aromatic rings. The summed E-state index contributed by atoms with van der Waals surface area (Å²) < 4.78 is 35.4. The molecule has 4 aliphatic heterocycles. The van der Waals surface area contributed by atoms with E-state index in [1.54, 1.807) is 24.3 Å². The highest BCUT2D eigenvalue weighted by Gasteiger charge is 2.49. The smallest absolute Gasteiger partial charge is 0.329 e. The fourth-order valence-corrected chi connectivity index (χ4v) is 8.62. The Kier molecular flexibility index (Phi) is 13.7. The molecule has 4 fully saturated rings. The zero-order valence-corrected chi connectivity index (χ0v) is 34.9. The average Bonchev–Trinajstić information content (AvgIpc) is 3.78. The summed E-state index contributed by atoms with van der Waals surface area (Å²) in [5.41, 5.74) is 0.357. The molecule has 6 rings (SSSR count). The van der Waals surface area contributed by atoms with Crippen LogP contribution in [-0.2, 0) is 39.9 Å². The van der Waals surface area contributed by atoms with E-state index in [-0.39, 0.29) is 50.4 Å². The molecule has 4 aliphatic rings. The first-order valence-corrected chi connectivity index (χ1v) is 20.8. The Bertz CT molecular complexity index is 1960. The van der Waals surface area contributed by atoms with Crippen LogP contribution < -0.4 is 21.3 Å². The van der Waals surface area contributed by atoms with Crippen molar-refractivity contribution in [3.63, 3.8) is 0 Å². The fraction of sp³-hybridized carbons (Fsp3) is 0.525. The molecule has 0 aromatic heterocycles. The maximum Gasteiger partial charge on any atom is 0.329 e. The Hall–Kier alpha value is -4.92. The van der Waals surface area contributed by atoms with Crippen LogP contribution in [0.2, 0.25) is 0 Å². The Balaban J connectivity index is 1.35. The van der Waals surface area contributed by atoms with Crippen molar-refractivity contribution in [1.82, 2.24) is 30.7 Å². The molecule has 7 amide bonds. The quantitative estimate of drug-likeness (QED) is 0.211. The van der Waals surface area contributed by atoms with Crippen LogP contribution in [0.4, 0.5) is 19.3 Å². The number of aliphatic hydroxyl groups excluding tert-OH is 1. The Morgan fingerprint density at radius 1 is 0.881 bits per heavy atom. The normalized spacial score (nSPS) is 28.5. The van der Waals surface area contributed by atoms with Gasteiger partial charge in [-0.25, -0.2) is 18.4 Å². The molecule has 9 atom stereocenters. The highest BCUT2D eigenvalue weighted by Crippen LogP contribution is 2.29. The summed E-state index contributed by atoms with van der Waals surface area (Å²) >= 11 is 2.08. The Morgan fingerprint density at radius 2 is 1.56 bits per heavy atom. The molecule has 318 valence electrons. The van der Waals surface area contributed by atoms with E-state index in [2.05, 4.69) is 43.9 Å². The largest absolute Gasteiger partial charge is 0.458 e. The van der Waals surface area contributed by atoms with E-state index >= 15 is 0 Å². The number of anilines is 1. The number of hydrogen-bond donors (Lipinski definition) is 5. The molecular formula is C40H48F2IN7O9. The number of cyclic esters (lactones) is 1. The second kappa shape index (κ2) is 18.6. The molecule has 0 unspecified atom stereocenters. The number of nitrogens with zero attached hydrogens (tertiary/aromatic N) is 3. The number of carbonyl (C=O) groups excluding carboxylic acids is 7. The van der Waals surface area contributed by atoms with E-state index in [0.29, 0.717) is 24.6 Å². The van der Waals surface area contributed by atoms with E-state index in [4.69, 9.17) is 4.74 Å². The van der Waals surface area contributed by atoms with Crippen molar-refractivity contribution in [1.29, 1.82) is 0 Å². The predicted octanol–water partition coefficient (Wildman–Crippen LogP) is 1.82. The molecule has 0 spiro atoms. The molecule has 16 nitrogen and oxygen atoms in total. The number of carbonyl (C=O) groups is 7. The third kappa shape index (κ3) is 10.3. The van der Waals surface area contributed by atoms with Gasteiger partial charge in [0.05, 0.1) is 6.10 Å². The van der Waals surface area contributed by atoms with E-state index in [9.17, 15) is 47.4 Å². The zero-order valence-electron chi connectivity index (χ0n) is 32.8. The number of rotatable bonds is 6. The molecule has 59 heavy (non-hydrogen) atoms. The van der Waals surface area contributed by atoms with Crippen molar-refractivity contribution in [3.05, 3.63) is 63.2 Å². The first kappa shape index (κ1) is 43.7. The molecule has 19 heteroatoms. The number of fused-ring (bicyclic) bond motifs is 3. The topological polar surface area (TPSA) is 207 Å². The van der Waals surface area contributed by atoms with Gasteiger partial charge in [-0.15, -0.1) is 0 Å². The molecular weight excluding hydrogens is 887 g/mol. The first-order chi connectivity index (χ1) is 28.0. The molecule has 4 saturated heterocycles. The highest BCUT2D eigenvalue weighted by molar-refractivity contribution is 14.1. The summed E-state index contributed by atoms with van der Waals surface area (Å²) in [6.45, 7) is 4.68. The van der Waals surface area contributed by atoms with Gasteiger partial charge >= 0.3 is 12.0 Å². The van der Waals surface area contributed by atoms with E-state index in [0.717, 1.165) is 20.6 Å². The number of piperidine rings is 1. The van der Waals surface area contributed by atoms with Crippen molar-refractivity contribution < 1.29 is 52.2 Å². The molecule has 0 bridgehead atoms. The number of hydrogen-bond acceptors (Lipinski definition) is 9. The fourth-order valence-electron chi connectivity index (χ4n) is 8.26. The summed E-state index contributed by atoms with van der Waals surface area (Å²) in [7, 11) is 0. The van der Waals surface area contributed by atoms with E-state index < -0.39 is 108 Å². The van der Waals surface area contributed by atoms with E-state index in [1.807, 2.05) is 6.92 Å². The number of halogens is 3. The van der Waals surface area contributed by atoms with Crippen molar-refractivity contribution >= 4 is 69.8 Å². The Morgan fingerprint density at radius 3 is 2.25 bits per heavy atom. The van der Waals surface area contributed by atoms with Crippen LogP contribution in [0.1, 0.15) is 58.4 Å². The van der Waals surface area contributed by atoms with Crippen molar-refractivity contribution in [2.75, 3.05) is 25.0 Å². The number of urea groups is 1. The average molecular weight is 936 g/mol. The van der Waals surface area contributed by atoms with Gasteiger partial charge in [-0.2, -0.15) is 0 Å². The SMILES string of the molecule is C[C@@H]1C[C@H]2C(=O)O[C@@H](C)[C@H](NC(=O)[C@H](Cc3cc(F)cc(F)c3)NC(=O)Nc3ccc(I)cc3)C(=O)N3C[C@H](O)C[C@H]3C(=O)N3CCCC[C@H]3C(=O)N[C@@H](C)C(=O)N2C1. The van der Waals surface area contributed by atoms with Crippen molar-refractivity contribution in [2.45, 2.75) is 108 Å². The lowest BCUT2D eigenvalue weighted by Gasteiger charge is -2.39. The van der Waals surface area contributed by atoms with Gasteiger partial charge in [0, 0.05) is 47.8 Å². The monoisotopic (exact) mass is 935 g/mol. The van der Waals surface area contributed by atoms with E-state index in [1.165, 1.54) is 23.6 Å². The maximum atomic E-state index is 14.7. The van der Waals surface area contributed by atoms with Gasteiger partial charge in [-0.1, -0.05) is 6.92 Å². The Labute approximate surface area is 353 Å². The van der Waals surface area contributed by atoms with Gasteiger partial charge in [0.15, 0.2) is 0 Å². The van der Waals surface area contributed by atoms with Crippen LogP contribution in [0, 0.1) is 21.1 Å². The third-order valence-electron chi connectivity index (χ3n) is 11.2. The van der Waals surface area contributed by atoms with Crippen molar-refractivity contribution in [3.8, 4) is 0 Å². The number of ether oxygens (including phenoxy) is 1. The van der Waals surface area contributed by atoms with Crippen molar-refractivity contribution in [2.24, 2.45) is 5.92 Å². The lowest BCUT2D eigenvalue weighted by molar-refractivity contribution is -0.163. The highest BCUT2D eigenvalue weighted by atomic mass is 127. The number of aliphatic hydroxyl groups is 1.